The summed E-state index contributed by atoms with van der Waals surface area (Å²) in [6, 6.07) is 15.9. The molecule has 2 aromatic rings. The van der Waals surface area contributed by atoms with E-state index in [1.165, 1.54) is 11.1 Å². The molecule has 3 N–H and O–H groups in total. The standard InChI is InChI=1S/C27H32N2O5/c1-17(2)23(14-25(31)32)28-24(30)15-27(12-7-13-27)29-26(33)34-16-22-20-10-5-3-8-18(20)19-9-4-6-11-21(19)22/h3-6,8-11,17,22-23H,7,12-16H2,1-2H3,(H,28,30)(H,29,33)(H,31,32)/t23-/m1/s1. The fourth-order valence-corrected chi connectivity index (χ4v) is 5.01. The molecule has 1 atom stereocenters. The van der Waals surface area contributed by atoms with E-state index in [0.29, 0.717) is 12.8 Å². The van der Waals surface area contributed by atoms with Crippen molar-refractivity contribution in [1.29, 1.82) is 0 Å². The Kier molecular flexibility index (Phi) is 6.91. The zero-order valence-corrected chi connectivity index (χ0v) is 19.7. The van der Waals surface area contributed by atoms with Crippen molar-refractivity contribution in [2.24, 2.45) is 5.92 Å². The van der Waals surface area contributed by atoms with Crippen LogP contribution in [-0.2, 0) is 14.3 Å². The van der Waals surface area contributed by atoms with Gasteiger partial charge in [-0.25, -0.2) is 4.79 Å². The van der Waals surface area contributed by atoms with Crippen molar-refractivity contribution < 1.29 is 24.2 Å². The third-order valence-corrected chi connectivity index (χ3v) is 7.07. The van der Waals surface area contributed by atoms with Gasteiger partial charge in [-0.1, -0.05) is 62.4 Å². The molecule has 1 fully saturated rings. The Morgan fingerprint density at radius 3 is 2.12 bits per heavy atom. The minimum absolute atomic E-state index is 0.00696. The molecule has 34 heavy (non-hydrogen) atoms. The molecule has 0 aromatic heterocycles. The van der Waals surface area contributed by atoms with E-state index in [-0.39, 0.29) is 37.2 Å². The average Bonchev–Trinajstić information content (AvgIpc) is 3.09. The van der Waals surface area contributed by atoms with E-state index in [0.717, 1.165) is 17.5 Å². The number of carboxylic acid groups (broad SMARTS) is 1. The highest BCUT2D eigenvalue weighted by Gasteiger charge is 2.41. The Balaban J connectivity index is 1.36. The van der Waals surface area contributed by atoms with Crippen LogP contribution in [0.25, 0.3) is 11.1 Å². The lowest BCUT2D eigenvalue weighted by Gasteiger charge is -2.42. The van der Waals surface area contributed by atoms with Crippen LogP contribution < -0.4 is 10.6 Å². The van der Waals surface area contributed by atoms with Crippen molar-refractivity contribution in [3.8, 4) is 11.1 Å². The molecular formula is C27H32N2O5. The molecule has 0 spiro atoms. The van der Waals surface area contributed by atoms with Crippen molar-refractivity contribution in [2.75, 3.05) is 6.61 Å². The Morgan fingerprint density at radius 2 is 1.62 bits per heavy atom. The van der Waals surface area contributed by atoms with Gasteiger partial charge in [0.15, 0.2) is 0 Å². The topological polar surface area (TPSA) is 105 Å². The zero-order valence-electron chi connectivity index (χ0n) is 19.7. The molecule has 0 saturated heterocycles. The summed E-state index contributed by atoms with van der Waals surface area (Å²) < 4.78 is 5.67. The highest BCUT2D eigenvalue weighted by molar-refractivity contribution is 5.81. The molecule has 7 nitrogen and oxygen atoms in total. The minimum Gasteiger partial charge on any atom is -0.481 e. The fraction of sp³-hybridized carbons (Fsp3) is 0.444. The largest absolute Gasteiger partial charge is 0.481 e. The second-order valence-electron chi connectivity index (χ2n) is 9.78. The Labute approximate surface area is 199 Å². The van der Waals surface area contributed by atoms with Gasteiger partial charge < -0.3 is 20.5 Å². The summed E-state index contributed by atoms with van der Waals surface area (Å²) in [6.07, 6.45) is 1.75. The predicted octanol–water partition coefficient (Wildman–Crippen LogP) is 4.45. The van der Waals surface area contributed by atoms with Crippen LogP contribution >= 0.6 is 0 Å². The highest BCUT2D eigenvalue weighted by atomic mass is 16.5. The minimum atomic E-state index is -0.950. The van der Waals surface area contributed by atoms with Crippen molar-refractivity contribution in [3.05, 3.63) is 59.7 Å². The number of rotatable bonds is 9. The lowest BCUT2D eigenvalue weighted by atomic mass is 9.74. The van der Waals surface area contributed by atoms with Crippen LogP contribution in [0.2, 0.25) is 0 Å². The van der Waals surface area contributed by atoms with Gasteiger partial charge in [-0.3, -0.25) is 9.59 Å². The quantitative estimate of drug-likeness (QED) is 0.508. The first-order valence-electron chi connectivity index (χ1n) is 11.9. The molecule has 4 rings (SSSR count). The maximum absolute atomic E-state index is 12.7. The SMILES string of the molecule is CC(C)[C@@H](CC(=O)O)NC(=O)CC1(NC(=O)OCC2c3ccccc3-c3ccccc32)CCC1. The Morgan fingerprint density at radius 1 is 1.03 bits per heavy atom. The molecule has 180 valence electrons. The van der Waals surface area contributed by atoms with Crippen LogP contribution in [0.5, 0.6) is 0 Å². The molecule has 7 heteroatoms. The number of carbonyl (C=O) groups is 3. The first-order chi connectivity index (χ1) is 16.3. The predicted molar refractivity (Wildman–Crippen MR) is 128 cm³/mol. The number of nitrogens with one attached hydrogen (secondary N) is 2. The third kappa shape index (κ3) is 5.08. The van der Waals surface area contributed by atoms with Gasteiger partial charge in [-0.05, 0) is 47.4 Å². The van der Waals surface area contributed by atoms with Gasteiger partial charge >= 0.3 is 12.1 Å². The summed E-state index contributed by atoms with van der Waals surface area (Å²) in [5, 5.41) is 14.9. The molecular weight excluding hydrogens is 432 g/mol. The number of carbonyl (C=O) groups excluding carboxylic acids is 2. The number of aliphatic carboxylic acids is 1. The lowest BCUT2D eigenvalue weighted by Crippen LogP contribution is -2.56. The molecule has 0 heterocycles. The van der Waals surface area contributed by atoms with Crippen LogP contribution in [0.4, 0.5) is 4.79 Å². The molecule has 2 aliphatic carbocycles. The van der Waals surface area contributed by atoms with E-state index < -0.39 is 23.6 Å². The second-order valence-corrected chi connectivity index (χ2v) is 9.78. The van der Waals surface area contributed by atoms with E-state index in [1.807, 2.05) is 38.1 Å². The van der Waals surface area contributed by atoms with E-state index in [4.69, 9.17) is 9.84 Å². The van der Waals surface area contributed by atoms with Gasteiger partial charge in [0.1, 0.15) is 6.61 Å². The number of hydrogen-bond acceptors (Lipinski definition) is 4. The van der Waals surface area contributed by atoms with Crippen molar-refractivity contribution in [1.82, 2.24) is 10.6 Å². The molecule has 0 bridgehead atoms. The Hall–Kier alpha value is -3.35. The van der Waals surface area contributed by atoms with Gasteiger partial charge in [0, 0.05) is 18.4 Å². The van der Waals surface area contributed by atoms with Crippen molar-refractivity contribution in [2.45, 2.75) is 63.5 Å². The van der Waals surface area contributed by atoms with Crippen LogP contribution in [-0.4, -0.2) is 41.3 Å². The van der Waals surface area contributed by atoms with Gasteiger partial charge in [0.25, 0.3) is 0 Å². The lowest BCUT2D eigenvalue weighted by molar-refractivity contribution is -0.138. The van der Waals surface area contributed by atoms with Crippen molar-refractivity contribution >= 4 is 18.0 Å². The van der Waals surface area contributed by atoms with Crippen molar-refractivity contribution in [3.63, 3.8) is 0 Å². The first-order valence-corrected chi connectivity index (χ1v) is 11.9. The number of amides is 2. The number of alkyl carbamates (subject to hydrolysis) is 1. The Bertz CT molecular complexity index is 1030. The maximum atomic E-state index is 12.7. The molecule has 0 radical (unpaired) electrons. The summed E-state index contributed by atoms with van der Waals surface area (Å²) in [6.45, 7) is 3.97. The van der Waals surface area contributed by atoms with Crippen LogP contribution in [0, 0.1) is 5.92 Å². The van der Waals surface area contributed by atoms with Gasteiger partial charge in [-0.2, -0.15) is 0 Å². The average molecular weight is 465 g/mol. The molecule has 2 aliphatic rings. The normalized spacial score (nSPS) is 16.7. The molecule has 2 aromatic carbocycles. The van der Waals surface area contributed by atoms with Crippen LogP contribution in [0.15, 0.2) is 48.5 Å². The number of ether oxygens (including phenoxy) is 1. The van der Waals surface area contributed by atoms with Gasteiger partial charge in [0.2, 0.25) is 5.91 Å². The zero-order chi connectivity index (χ0) is 24.3. The summed E-state index contributed by atoms with van der Waals surface area (Å²) in [7, 11) is 0. The number of fused-ring (bicyclic) bond motifs is 3. The van der Waals surface area contributed by atoms with Gasteiger partial charge in [0.05, 0.1) is 12.0 Å². The monoisotopic (exact) mass is 464 g/mol. The smallest absolute Gasteiger partial charge is 0.407 e. The molecule has 0 aliphatic heterocycles. The number of hydrogen-bond donors (Lipinski definition) is 3. The van der Waals surface area contributed by atoms with E-state index in [2.05, 4.69) is 34.9 Å². The maximum Gasteiger partial charge on any atom is 0.407 e. The highest BCUT2D eigenvalue weighted by Crippen LogP contribution is 2.44. The number of benzene rings is 2. The summed E-state index contributed by atoms with van der Waals surface area (Å²) >= 11 is 0. The van der Waals surface area contributed by atoms with E-state index in [1.54, 1.807) is 0 Å². The first kappa shape index (κ1) is 23.8. The van der Waals surface area contributed by atoms with Crippen LogP contribution in [0.3, 0.4) is 0 Å². The molecule has 0 unspecified atom stereocenters. The van der Waals surface area contributed by atoms with Gasteiger partial charge in [-0.15, -0.1) is 0 Å². The molecule has 1 saturated carbocycles. The summed E-state index contributed by atoms with van der Waals surface area (Å²) in [4.78, 5) is 36.5. The second kappa shape index (κ2) is 9.87. The van der Waals surface area contributed by atoms with E-state index in [9.17, 15) is 14.4 Å². The summed E-state index contributed by atoms with van der Waals surface area (Å²) in [5.41, 5.74) is 3.98. The fourth-order valence-electron chi connectivity index (χ4n) is 5.01. The third-order valence-electron chi connectivity index (χ3n) is 7.07. The molecule has 2 amide bonds. The van der Waals surface area contributed by atoms with E-state index >= 15 is 0 Å². The van der Waals surface area contributed by atoms with Crippen LogP contribution in [0.1, 0.15) is 63.0 Å². The number of carboxylic acids is 1. The summed E-state index contributed by atoms with van der Waals surface area (Å²) in [5.74, 6) is -1.23.